The van der Waals surface area contributed by atoms with Crippen molar-refractivity contribution in [2.24, 2.45) is 5.92 Å². The van der Waals surface area contributed by atoms with E-state index in [0.717, 1.165) is 12.8 Å². The summed E-state index contributed by atoms with van der Waals surface area (Å²) in [6, 6.07) is 2.27. The van der Waals surface area contributed by atoms with Crippen molar-refractivity contribution in [3.8, 4) is 0 Å². The van der Waals surface area contributed by atoms with Crippen molar-refractivity contribution in [1.82, 2.24) is 0 Å². The molecule has 0 N–H and O–H groups in total. The third kappa shape index (κ3) is 1.96. The van der Waals surface area contributed by atoms with Gasteiger partial charge in [-0.15, -0.1) is 0 Å². The molecule has 1 aromatic heterocycles. The van der Waals surface area contributed by atoms with Crippen LogP contribution in [0.2, 0.25) is 0 Å². The summed E-state index contributed by atoms with van der Waals surface area (Å²) in [4.78, 5) is 0. The monoisotopic (exact) mass is 178 g/mol. The van der Waals surface area contributed by atoms with E-state index in [0.29, 0.717) is 5.92 Å². The van der Waals surface area contributed by atoms with E-state index in [2.05, 4.69) is 19.9 Å². The van der Waals surface area contributed by atoms with Crippen LogP contribution in [0.4, 0.5) is 0 Å². The average molecular weight is 178 g/mol. The first kappa shape index (κ1) is 8.86. The van der Waals surface area contributed by atoms with E-state index >= 15 is 0 Å². The maximum Gasteiger partial charge on any atom is 0.107 e. The Labute approximate surface area is 80.1 Å². The summed E-state index contributed by atoms with van der Waals surface area (Å²) in [6.45, 7) is 4.48. The number of hydrogen-bond donors (Lipinski definition) is 0. The van der Waals surface area contributed by atoms with E-state index in [1.165, 1.54) is 36.3 Å². The number of hydrogen-bond acceptors (Lipinski definition) is 1. The zero-order valence-electron chi connectivity index (χ0n) is 8.60. The van der Waals surface area contributed by atoms with Gasteiger partial charge in [0.05, 0.1) is 0 Å². The number of aryl methyl sites for hydroxylation is 2. The van der Waals surface area contributed by atoms with Crippen molar-refractivity contribution >= 4 is 0 Å². The summed E-state index contributed by atoms with van der Waals surface area (Å²) in [5.74, 6) is 3.16. The molecule has 0 aliphatic heterocycles. The summed E-state index contributed by atoms with van der Waals surface area (Å²) in [6.07, 6.45) is 6.13. The Hall–Kier alpha value is -0.720. The molecule has 13 heavy (non-hydrogen) atoms. The second-order valence-corrected chi connectivity index (χ2v) is 4.47. The molecule has 0 amide bonds. The minimum absolute atomic E-state index is 0.701. The first-order chi connectivity index (χ1) is 6.25. The maximum atomic E-state index is 5.82. The highest BCUT2D eigenvalue weighted by Gasteiger charge is 2.15. The molecule has 1 heterocycles. The predicted octanol–water partition coefficient (Wildman–Crippen LogP) is 3.36. The Morgan fingerprint density at radius 2 is 2.08 bits per heavy atom. The van der Waals surface area contributed by atoms with Crippen molar-refractivity contribution in [2.45, 2.75) is 46.0 Å². The fourth-order valence-corrected chi connectivity index (χ4v) is 2.06. The van der Waals surface area contributed by atoms with E-state index in [1.54, 1.807) is 0 Å². The zero-order chi connectivity index (χ0) is 9.26. The van der Waals surface area contributed by atoms with Crippen molar-refractivity contribution in [2.75, 3.05) is 0 Å². The van der Waals surface area contributed by atoms with Gasteiger partial charge in [-0.05, 0) is 36.8 Å². The number of rotatable bonds is 2. The van der Waals surface area contributed by atoms with Crippen LogP contribution in [0.3, 0.4) is 0 Å². The zero-order valence-corrected chi connectivity index (χ0v) is 8.60. The van der Waals surface area contributed by atoms with Crippen LogP contribution in [0.15, 0.2) is 10.5 Å². The molecule has 1 nitrogen and oxygen atoms in total. The van der Waals surface area contributed by atoms with Gasteiger partial charge in [-0.2, -0.15) is 0 Å². The summed E-state index contributed by atoms with van der Waals surface area (Å²) in [7, 11) is 0. The topological polar surface area (TPSA) is 13.1 Å². The largest absolute Gasteiger partial charge is 0.466 e. The van der Waals surface area contributed by atoms with Gasteiger partial charge in [-0.1, -0.05) is 13.8 Å². The molecule has 0 radical (unpaired) electrons. The highest BCUT2D eigenvalue weighted by Crippen LogP contribution is 2.25. The van der Waals surface area contributed by atoms with Gasteiger partial charge in [-0.25, -0.2) is 0 Å². The molecule has 2 rings (SSSR count). The lowest BCUT2D eigenvalue weighted by atomic mass is 9.98. The molecule has 0 aromatic carbocycles. The summed E-state index contributed by atoms with van der Waals surface area (Å²) in [5, 5.41) is 0. The Balaban J connectivity index is 2.15. The quantitative estimate of drug-likeness (QED) is 0.676. The van der Waals surface area contributed by atoms with Crippen LogP contribution < -0.4 is 0 Å². The standard InChI is InChI=1S/C12H18O/c1-9(2)7-11-8-10-5-3-4-6-12(10)13-11/h8-9H,3-7H2,1-2H3. The van der Waals surface area contributed by atoms with Crippen molar-refractivity contribution in [3.05, 3.63) is 23.2 Å². The molecule has 1 aliphatic rings. The van der Waals surface area contributed by atoms with Crippen LogP contribution in [-0.2, 0) is 19.3 Å². The first-order valence-corrected chi connectivity index (χ1v) is 5.36. The Bertz CT molecular complexity index is 260. The number of fused-ring (bicyclic) bond motifs is 1. The third-order valence-electron chi connectivity index (χ3n) is 2.66. The van der Waals surface area contributed by atoms with Crippen LogP contribution in [0.5, 0.6) is 0 Å². The van der Waals surface area contributed by atoms with Gasteiger partial charge in [0.1, 0.15) is 11.5 Å². The van der Waals surface area contributed by atoms with Crippen molar-refractivity contribution < 1.29 is 4.42 Å². The molecule has 1 aromatic rings. The molecule has 0 saturated heterocycles. The highest BCUT2D eigenvalue weighted by molar-refractivity contribution is 5.24. The van der Waals surface area contributed by atoms with E-state index in [-0.39, 0.29) is 0 Å². The lowest BCUT2D eigenvalue weighted by molar-refractivity contribution is 0.424. The third-order valence-corrected chi connectivity index (χ3v) is 2.66. The summed E-state index contributed by atoms with van der Waals surface area (Å²) < 4.78 is 5.82. The smallest absolute Gasteiger partial charge is 0.107 e. The van der Waals surface area contributed by atoms with Crippen LogP contribution in [0.25, 0.3) is 0 Å². The van der Waals surface area contributed by atoms with E-state index in [1.807, 2.05) is 0 Å². The highest BCUT2D eigenvalue weighted by atomic mass is 16.3. The van der Waals surface area contributed by atoms with Crippen LogP contribution in [0.1, 0.15) is 43.8 Å². The van der Waals surface area contributed by atoms with Gasteiger partial charge in [0.15, 0.2) is 0 Å². The number of furan rings is 1. The van der Waals surface area contributed by atoms with Crippen LogP contribution in [0, 0.1) is 5.92 Å². The first-order valence-electron chi connectivity index (χ1n) is 5.36. The normalized spacial score (nSPS) is 16.2. The van der Waals surface area contributed by atoms with Crippen molar-refractivity contribution in [3.63, 3.8) is 0 Å². The van der Waals surface area contributed by atoms with E-state index < -0.39 is 0 Å². The SMILES string of the molecule is CC(C)Cc1cc2c(o1)CCCC2. The van der Waals surface area contributed by atoms with Crippen molar-refractivity contribution in [1.29, 1.82) is 0 Å². The molecular formula is C12H18O. The molecule has 72 valence electrons. The molecule has 0 fully saturated rings. The second-order valence-electron chi connectivity index (χ2n) is 4.47. The minimum atomic E-state index is 0.701. The van der Waals surface area contributed by atoms with Crippen LogP contribution in [-0.4, -0.2) is 0 Å². The summed E-state index contributed by atoms with van der Waals surface area (Å²) in [5.41, 5.74) is 1.47. The predicted molar refractivity (Wildman–Crippen MR) is 53.9 cm³/mol. The molecule has 0 bridgehead atoms. The van der Waals surface area contributed by atoms with E-state index in [9.17, 15) is 0 Å². The molecule has 0 spiro atoms. The molecule has 0 unspecified atom stereocenters. The van der Waals surface area contributed by atoms with E-state index in [4.69, 9.17) is 4.42 Å². The maximum absolute atomic E-state index is 5.82. The van der Waals surface area contributed by atoms with Gasteiger partial charge >= 0.3 is 0 Å². The minimum Gasteiger partial charge on any atom is -0.466 e. The molecule has 1 aliphatic carbocycles. The Kier molecular flexibility index (Phi) is 2.43. The van der Waals surface area contributed by atoms with Gasteiger partial charge in [0.2, 0.25) is 0 Å². The second kappa shape index (κ2) is 3.57. The van der Waals surface area contributed by atoms with Gasteiger partial charge < -0.3 is 4.42 Å². The lowest BCUT2D eigenvalue weighted by Gasteiger charge is -2.07. The van der Waals surface area contributed by atoms with Gasteiger partial charge in [-0.3, -0.25) is 0 Å². The average Bonchev–Trinajstić information content (AvgIpc) is 2.44. The fraction of sp³-hybridized carbons (Fsp3) is 0.667. The molecule has 0 saturated carbocycles. The molecular weight excluding hydrogens is 160 g/mol. The Morgan fingerprint density at radius 1 is 1.31 bits per heavy atom. The van der Waals surface area contributed by atoms with Gasteiger partial charge in [0.25, 0.3) is 0 Å². The Morgan fingerprint density at radius 3 is 2.77 bits per heavy atom. The van der Waals surface area contributed by atoms with Crippen LogP contribution >= 0.6 is 0 Å². The fourth-order valence-electron chi connectivity index (χ4n) is 2.06. The summed E-state index contributed by atoms with van der Waals surface area (Å²) >= 11 is 0. The molecule has 1 heteroatoms. The lowest BCUT2D eigenvalue weighted by Crippen LogP contribution is -1.97. The van der Waals surface area contributed by atoms with Gasteiger partial charge in [0, 0.05) is 12.8 Å². The molecule has 0 atom stereocenters.